The van der Waals surface area contributed by atoms with Gasteiger partial charge < -0.3 is 5.32 Å². The van der Waals surface area contributed by atoms with Crippen LogP contribution in [0.15, 0.2) is 29.2 Å². The van der Waals surface area contributed by atoms with Crippen LogP contribution in [-0.2, 0) is 31.1 Å². The van der Waals surface area contributed by atoms with Crippen LogP contribution in [0.2, 0.25) is 0 Å². The molecule has 1 aromatic carbocycles. The third kappa shape index (κ3) is 5.60. The van der Waals surface area contributed by atoms with E-state index in [-0.39, 0.29) is 34.6 Å². The first-order valence-electron chi connectivity index (χ1n) is 7.24. The molecule has 0 saturated carbocycles. The molecule has 9 heteroatoms. The van der Waals surface area contributed by atoms with E-state index in [2.05, 4.69) is 5.32 Å². The molecule has 0 spiro atoms. The summed E-state index contributed by atoms with van der Waals surface area (Å²) in [6.07, 6.45) is 1.32. The molecule has 0 radical (unpaired) electrons. The number of amides is 1. The molecule has 23 heavy (non-hydrogen) atoms. The second kappa shape index (κ2) is 6.98. The lowest BCUT2D eigenvalue weighted by Crippen LogP contribution is -2.29. The Kier molecular flexibility index (Phi) is 5.43. The minimum Gasteiger partial charge on any atom is -0.356 e. The number of sulfone groups is 1. The van der Waals surface area contributed by atoms with E-state index in [1.807, 2.05) is 0 Å². The number of rotatable bonds is 6. The van der Waals surface area contributed by atoms with Gasteiger partial charge in [0.25, 0.3) is 0 Å². The van der Waals surface area contributed by atoms with Crippen LogP contribution in [0.25, 0.3) is 0 Å². The summed E-state index contributed by atoms with van der Waals surface area (Å²) < 4.78 is 44.9. The van der Waals surface area contributed by atoms with Crippen molar-refractivity contribution in [1.82, 2.24) is 5.32 Å². The summed E-state index contributed by atoms with van der Waals surface area (Å²) in [7, 11) is -6.63. The second-order valence-corrected chi connectivity index (χ2v) is 9.55. The van der Waals surface area contributed by atoms with Gasteiger partial charge in [0.15, 0.2) is 9.84 Å². The van der Waals surface area contributed by atoms with Gasteiger partial charge in [-0.3, -0.25) is 4.79 Å². The van der Waals surface area contributed by atoms with Gasteiger partial charge >= 0.3 is 0 Å². The SMILES string of the molecule is NS(=O)(=O)c1ccc(CCC(=O)NC[C@H]2CCS(=O)(=O)C2)cc1. The number of benzene rings is 1. The van der Waals surface area contributed by atoms with Crippen LogP contribution in [0, 0.1) is 5.92 Å². The van der Waals surface area contributed by atoms with E-state index in [1.165, 1.54) is 12.1 Å². The quantitative estimate of drug-likeness (QED) is 0.728. The predicted octanol–water partition coefficient (Wildman–Crippen LogP) is -0.182. The fraction of sp³-hybridized carbons (Fsp3) is 0.500. The van der Waals surface area contributed by atoms with Gasteiger partial charge in [-0.2, -0.15) is 0 Å². The van der Waals surface area contributed by atoms with Crippen molar-refractivity contribution in [3.8, 4) is 0 Å². The molecule has 1 heterocycles. The second-order valence-electron chi connectivity index (χ2n) is 5.76. The first-order valence-corrected chi connectivity index (χ1v) is 10.6. The minimum atomic E-state index is -3.71. The number of carbonyl (C=O) groups excluding carboxylic acids is 1. The van der Waals surface area contributed by atoms with E-state index in [0.717, 1.165) is 5.56 Å². The van der Waals surface area contributed by atoms with E-state index in [9.17, 15) is 21.6 Å². The number of aryl methyl sites for hydroxylation is 1. The monoisotopic (exact) mass is 360 g/mol. The van der Waals surface area contributed by atoms with Crippen LogP contribution in [0.4, 0.5) is 0 Å². The summed E-state index contributed by atoms with van der Waals surface area (Å²) in [4.78, 5) is 11.8. The van der Waals surface area contributed by atoms with Crippen molar-refractivity contribution in [3.63, 3.8) is 0 Å². The van der Waals surface area contributed by atoms with E-state index < -0.39 is 19.9 Å². The highest BCUT2D eigenvalue weighted by molar-refractivity contribution is 7.91. The van der Waals surface area contributed by atoms with Crippen LogP contribution in [0.5, 0.6) is 0 Å². The first kappa shape index (κ1) is 17.9. The number of sulfonamides is 1. The van der Waals surface area contributed by atoms with Crippen LogP contribution in [0.1, 0.15) is 18.4 Å². The molecule has 2 rings (SSSR count). The van der Waals surface area contributed by atoms with Gasteiger partial charge in [0, 0.05) is 13.0 Å². The summed E-state index contributed by atoms with van der Waals surface area (Å²) in [5.74, 6) is 0.189. The highest BCUT2D eigenvalue weighted by Crippen LogP contribution is 2.17. The van der Waals surface area contributed by atoms with E-state index in [1.54, 1.807) is 12.1 Å². The van der Waals surface area contributed by atoms with Gasteiger partial charge in [0.1, 0.15) is 0 Å². The van der Waals surface area contributed by atoms with E-state index in [0.29, 0.717) is 19.4 Å². The van der Waals surface area contributed by atoms with Gasteiger partial charge in [-0.15, -0.1) is 0 Å². The molecular weight excluding hydrogens is 340 g/mol. The molecule has 128 valence electrons. The Balaban J connectivity index is 1.76. The van der Waals surface area contributed by atoms with Crippen LogP contribution < -0.4 is 10.5 Å². The summed E-state index contributed by atoms with van der Waals surface area (Å²) in [6.45, 7) is 0.377. The zero-order valence-electron chi connectivity index (χ0n) is 12.6. The maximum atomic E-state index is 11.8. The highest BCUT2D eigenvalue weighted by atomic mass is 32.2. The molecule has 0 aliphatic carbocycles. The molecule has 1 aromatic rings. The van der Waals surface area contributed by atoms with E-state index in [4.69, 9.17) is 5.14 Å². The number of nitrogens with two attached hydrogens (primary N) is 1. The fourth-order valence-corrected chi connectivity index (χ4v) is 4.86. The molecule has 1 amide bonds. The number of hydrogen-bond donors (Lipinski definition) is 2. The topological polar surface area (TPSA) is 123 Å². The Morgan fingerprint density at radius 3 is 2.43 bits per heavy atom. The molecule has 1 atom stereocenters. The lowest BCUT2D eigenvalue weighted by Gasteiger charge is -2.09. The van der Waals surface area contributed by atoms with Gasteiger partial charge in [0.2, 0.25) is 15.9 Å². The summed E-state index contributed by atoms with van der Waals surface area (Å²) in [5.41, 5.74) is 0.830. The Bertz CT molecular complexity index is 770. The summed E-state index contributed by atoms with van der Waals surface area (Å²) in [6, 6.07) is 6.06. The smallest absolute Gasteiger partial charge is 0.238 e. The lowest BCUT2D eigenvalue weighted by atomic mass is 10.1. The normalized spacial score (nSPS) is 20.3. The van der Waals surface area contributed by atoms with Crippen molar-refractivity contribution in [1.29, 1.82) is 0 Å². The van der Waals surface area contributed by atoms with Crippen molar-refractivity contribution < 1.29 is 21.6 Å². The van der Waals surface area contributed by atoms with Gasteiger partial charge in [0.05, 0.1) is 16.4 Å². The Morgan fingerprint density at radius 2 is 1.91 bits per heavy atom. The zero-order chi connectivity index (χ0) is 17.1. The van der Waals surface area contributed by atoms with Crippen LogP contribution in [-0.4, -0.2) is 40.8 Å². The largest absolute Gasteiger partial charge is 0.356 e. The molecule has 1 aliphatic rings. The molecule has 3 N–H and O–H groups in total. The standard InChI is InChI=1S/C14H20N2O5S2/c15-23(20,21)13-4-1-11(2-5-13)3-6-14(17)16-9-12-7-8-22(18,19)10-12/h1-2,4-5,12H,3,6-10H2,(H,16,17)(H2,15,20,21)/t12-/m1/s1. The molecule has 1 aliphatic heterocycles. The summed E-state index contributed by atoms with van der Waals surface area (Å²) >= 11 is 0. The molecular formula is C14H20N2O5S2. The molecule has 0 unspecified atom stereocenters. The van der Waals surface area contributed by atoms with Gasteiger partial charge in [-0.25, -0.2) is 22.0 Å². The maximum Gasteiger partial charge on any atom is 0.238 e. The molecule has 0 aromatic heterocycles. The summed E-state index contributed by atoms with van der Waals surface area (Å²) in [5, 5.41) is 7.76. The highest BCUT2D eigenvalue weighted by Gasteiger charge is 2.27. The Labute approximate surface area is 136 Å². The number of carbonyl (C=O) groups is 1. The number of hydrogen-bond acceptors (Lipinski definition) is 5. The van der Waals surface area contributed by atoms with E-state index >= 15 is 0 Å². The van der Waals surface area contributed by atoms with Crippen molar-refractivity contribution in [2.75, 3.05) is 18.1 Å². The lowest BCUT2D eigenvalue weighted by molar-refractivity contribution is -0.121. The fourth-order valence-electron chi connectivity index (χ4n) is 2.48. The van der Waals surface area contributed by atoms with Crippen LogP contribution >= 0.6 is 0 Å². The van der Waals surface area contributed by atoms with Crippen molar-refractivity contribution >= 4 is 25.8 Å². The third-order valence-corrected chi connectivity index (χ3v) is 6.57. The maximum absolute atomic E-state index is 11.8. The van der Waals surface area contributed by atoms with Crippen molar-refractivity contribution in [2.45, 2.75) is 24.2 Å². The zero-order valence-corrected chi connectivity index (χ0v) is 14.2. The molecule has 7 nitrogen and oxygen atoms in total. The van der Waals surface area contributed by atoms with Crippen molar-refractivity contribution in [2.24, 2.45) is 11.1 Å². The van der Waals surface area contributed by atoms with Gasteiger partial charge in [-0.1, -0.05) is 12.1 Å². The number of primary sulfonamides is 1. The minimum absolute atomic E-state index is 0.00186. The molecule has 1 fully saturated rings. The van der Waals surface area contributed by atoms with Gasteiger partial charge in [-0.05, 0) is 36.5 Å². The Morgan fingerprint density at radius 1 is 1.26 bits per heavy atom. The average molecular weight is 360 g/mol. The average Bonchev–Trinajstić information content (AvgIpc) is 2.82. The van der Waals surface area contributed by atoms with Crippen LogP contribution in [0.3, 0.4) is 0 Å². The predicted molar refractivity (Wildman–Crippen MR) is 85.9 cm³/mol. The molecule has 0 bridgehead atoms. The van der Waals surface area contributed by atoms with Crippen molar-refractivity contribution in [3.05, 3.63) is 29.8 Å². The Hall–Kier alpha value is -1.45. The molecule has 1 saturated heterocycles. The third-order valence-electron chi connectivity index (χ3n) is 3.81. The number of nitrogens with one attached hydrogen (secondary N) is 1. The first-order chi connectivity index (χ1) is 10.7.